The first-order valence-electron chi connectivity index (χ1n) is 4.38. The minimum Gasteiger partial charge on any atom is -0.390 e. The smallest absolute Gasteiger partial charge is 0.123 e. The van der Waals surface area contributed by atoms with Crippen molar-refractivity contribution in [2.45, 2.75) is 18.6 Å². The van der Waals surface area contributed by atoms with Crippen LogP contribution in [0.15, 0.2) is 23.7 Å². The van der Waals surface area contributed by atoms with Gasteiger partial charge in [-0.25, -0.2) is 0 Å². The third-order valence-electron chi connectivity index (χ3n) is 1.84. The highest BCUT2D eigenvalue weighted by Gasteiger charge is 2.18. The summed E-state index contributed by atoms with van der Waals surface area (Å²) in [4.78, 5) is 10.2. The minimum absolute atomic E-state index is 0.134. The third-order valence-corrected chi connectivity index (χ3v) is 1.84. The van der Waals surface area contributed by atoms with E-state index in [1.54, 1.807) is 0 Å². The molecule has 80 valence electrons. The van der Waals surface area contributed by atoms with Crippen LogP contribution in [0.25, 0.3) is 10.4 Å². The zero-order chi connectivity index (χ0) is 11.1. The van der Waals surface area contributed by atoms with Gasteiger partial charge in [0.2, 0.25) is 0 Å². The fourth-order valence-corrected chi connectivity index (χ4v) is 1.05. The number of azide groups is 1. The molecule has 1 aromatic rings. The molecule has 1 aromatic heterocycles. The Labute approximate surface area is 86.1 Å². The Hall–Kier alpha value is -1.69. The first-order chi connectivity index (χ1) is 7.25. The van der Waals surface area contributed by atoms with Gasteiger partial charge in [0.25, 0.3) is 0 Å². The molecule has 0 amide bonds. The number of hydrogen-bond donors (Lipinski definition) is 2. The molecule has 15 heavy (non-hydrogen) atoms. The van der Waals surface area contributed by atoms with E-state index in [0.717, 1.165) is 0 Å². The van der Waals surface area contributed by atoms with Crippen LogP contribution in [0.1, 0.15) is 18.2 Å². The monoisotopic (exact) mass is 209 g/mol. The summed E-state index contributed by atoms with van der Waals surface area (Å²) in [5, 5.41) is 22.4. The Morgan fingerprint density at radius 2 is 2.27 bits per heavy atom. The maximum Gasteiger partial charge on any atom is 0.123 e. The lowest BCUT2D eigenvalue weighted by Crippen LogP contribution is -2.20. The highest BCUT2D eigenvalue weighted by molar-refractivity contribution is 5.01. The Morgan fingerprint density at radius 1 is 1.47 bits per heavy atom. The Morgan fingerprint density at radius 3 is 2.87 bits per heavy atom. The Kier molecular flexibility index (Phi) is 4.49. The largest absolute Gasteiger partial charge is 0.390 e. The summed E-state index contributed by atoms with van der Waals surface area (Å²) in [7, 11) is 0. The van der Waals surface area contributed by atoms with Crippen LogP contribution in [0.2, 0.25) is 0 Å². The van der Waals surface area contributed by atoms with E-state index in [2.05, 4.69) is 20.0 Å². The molecular weight excluding hydrogens is 198 g/mol. The second-order valence-electron chi connectivity index (χ2n) is 2.89. The zero-order valence-corrected chi connectivity index (χ0v) is 7.93. The van der Waals surface area contributed by atoms with E-state index < -0.39 is 12.2 Å². The van der Waals surface area contributed by atoms with Crippen LogP contribution >= 0.6 is 0 Å². The van der Waals surface area contributed by atoms with Crippen LogP contribution < -0.4 is 0 Å². The van der Waals surface area contributed by atoms with Gasteiger partial charge in [-0.1, -0.05) is 5.11 Å². The van der Waals surface area contributed by atoms with Crippen LogP contribution in [0.4, 0.5) is 0 Å². The van der Waals surface area contributed by atoms with Crippen molar-refractivity contribution in [3.05, 3.63) is 34.7 Å². The molecule has 0 saturated heterocycles. The van der Waals surface area contributed by atoms with Gasteiger partial charge in [0.1, 0.15) is 6.10 Å². The number of aliphatic hydroxyl groups excluding tert-OH is 2. The van der Waals surface area contributed by atoms with Crippen molar-refractivity contribution in [2.24, 2.45) is 5.11 Å². The van der Waals surface area contributed by atoms with E-state index in [-0.39, 0.29) is 13.0 Å². The van der Waals surface area contributed by atoms with Crippen LogP contribution in [0, 0.1) is 0 Å². The molecule has 7 heteroatoms. The minimum atomic E-state index is -1.10. The molecular formula is C8H11N5O2. The van der Waals surface area contributed by atoms with Gasteiger partial charge in [-0.15, -0.1) is 0 Å². The molecule has 0 radical (unpaired) electrons. The molecule has 0 saturated carbocycles. The molecule has 0 aliphatic rings. The van der Waals surface area contributed by atoms with Crippen molar-refractivity contribution < 1.29 is 10.2 Å². The van der Waals surface area contributed by atoms with Gasteiger partial charge in [-0.2, -0.15) is 0 Å². The van der Waals surface area contributed by atoms with Crippen LogP contribution in [0.3, 0.4) is 0 Å². The van der Waals surface area contributed by atoms with E-state index in [1.165, 1.54) is 18.6 Å². The lowest BCUT2D eigenvalue weighted by atomic mass is 10.1. The molecule has 2 N–H and O–H groups in total. The summed E-state index contributed by atoms with van der Waals surface area (Å²) in [5.41, 5.74) is 8.32. The molecule has 2 unspecified atom stereocenters. The van der Waals surface area contributed by atoms with Gasteiger partial charge in [0.05, 0.1) is 18.0 Å². The van der Waals surface area contributed by atoms with Crippen molar-refractivity contribution in [3.63, 3.8) is 0 Å². The summed E-state index contributed by atoms with van der Waals surface area (Å²) in [6.45, 7) is 0.134. The standard InChI is InChI=1S/C8H11N5O2/c9-13-12-2-1-7(14)8(15)6-5-10-3-4-11-6/h3-5,7-8,14-15H,1-2H2. The number of nitrogens with zero attached hydrogens (tertiary/aromatic N) is 5. The van der Waals surface area contributed by atoms with Gasteiger partial charge in [-0.05, 0) is 12.0 Å². The Bertz CT molecular complexity index is 338. The van der Waals surface area contributed by atoms with Crippen molar-refractivity contribution in [3.8, 4) is 0 Å². The highest BCUT2D eigenvalue weighted by Crippen LogP contribution is 2.15. The molecule has 7 nitrogen and oxygen atoms in total. The average molecular weight is 209 g/mol. The first kappa shape index (κ1) is 11.4. The second kappa shape index (κ2) is 5.92. The predicted molar refractivity (Wildman–Crippen MR) is 51.6 cm³/mol. The number of aromatic nitrogens is 2. The lowest BCUT2D eigenvalue weighted by Gasteiger charge is -2.15. The summed E-state index contributed by atoms with van der Waals surface area (Å²) >= 11 is 0. The molecule has 1 rings (SSSR count). The summed E-state index contributed by atoms with van der Waals surface area (Å²) in [5.74, 6) is 0. The Balaban J connectivity index is 2.53. The molecule has 0 bridgehead atoms. The maximum atomic E-state index is 9.60. The SMILES string of the molecule is [N-]=[N+]=NCCC(O)C(O)c1cnccn1. The molecule has 0 spiro atoms. The molecule has 0 aliphatic carbocycles. The quantitative estimate of drug-likeness (QED) is 0.419. The predicted octanol–water partition coefficient (Wildman–Crippen LogP) is 0.571. The van der Waals surface area contributed by atoms with E-state index >= 15 is 0 Å². The number of hydrogen-bond acceptors (Lipinski definition) is 5. The van der Waals surface area contributed by atoms with Crippen molar-refractivity contribution in [1.29, 1.82) is 0 Å². The van der Waals surface area contributed by atoms with Crippen molar-refractivity contribution in [2.75, 3.05) is 6.54 Å². The molecule has 0 fully saturated rings. The van der Waals surface area contributed by atoms with Gasteiger partial charge in [-0.3, -0.25) is 9.97 Å². The van der Waals surface area contributed by atoms with Gasteiger partial charge in [0.15, 0.2) is 0 Å². The zero-order valence-electron chi connectivity index (χ0n) is 7.93. The summed E-state index contributed by atoms with van der Waals surface area (Å²) in [6.07, 6.45) is 2.35. The van der Waals surface area contributed by atoms with Gasteiger partial charge in [0, 0.05) is 23.9 Å². The third kappa shape index (κ3) is 3.51. The normalized spacial score (nSPS) is 14.0. The lowest BCUT2D eigenvalue weighted by molar-refractivity contribution is 0.0123. The van der Waals surface area contributed by atoms with Crippen LogP contribution in [-0.2, 0) is 0 Å². The van der Waals surface area contributed by atoms with Gasteiger partial charge >= 0.3 is 0 Å². The van der Waals surface area contributed by atoms with Crippen molar-refractivity contribution in [1.82, 2.24) is 9.97 Å². The fourth-order valence-electron chi connectivity index (χ4n) is 1.05. The first-order valence-corrected chi connectivity index (χ1v) is 4.38. The van der Waals surface area contributed by atoms with E-state index in [9.17, 15) is 10.2 Å². The molecule has 0 aromatic carbocycles. The maximum absolute atomic E-state index is 9.60. The molecule has 0 aliphatic heterocycles. The second-order valence-corrected chi connectivity index (χ2v) is 2.89. The van der Waals surface area contributed by atoms with Crippen LogP contribution in [0.5, 0.6) is 0 Å². The van der Waals surface area contributed by atoms with E-state index in [1.807, 2.05) is 0 Å². The topological polar surface area (TPSA) is 115 Å². The van der Waals surface area contributed by atoms with Crippen LogP contribution in [-0.4, -0.2) is 32.8 Å². The van der Waals surface area contributed by atoms with E-state index in [4.69, 9.17) is 5.53 Å². The summed E-state index contributed by atoms with van der Waals surface area (Å²) < 4.78 is 0. The number of rotatable bonds is 5. The highest BCUT2D eigenvalue weighted by atomic mass is 16.3. The number of aliphatic hydroxyl groups is 2. The molecule has 1 heterocycles. The molecule has 2 atom stereocenters. The fraction of sp³-hybridized carbons (Fsp3) is 0.500. The van der Waals surface area contributed by atoms with E-state index in [0.29, 0.717) is 5.69 Å². The van der Waals surface area contributed by atoms with Crippen molar-refractivity contribution >= 4 is 0 Å². The average Bonchev–Trinajstić information content (AvgIpc) is 2.29. The van der Waals surface area contributed by atoms with Gasteiger partial charge < -0.3 is 10.2 Å². The summed E-state index contributed by atoms with van der Waals surface area (Å²) in [6, 6.07) is 0.